The molecule has 0 radical (unpaired) electrons. The molecule has 30 heavy (non-hydrogen) atoms. The van der Waals surface area contributed by atoms with E-state index in [0.29, 0.717) is 0 Å². The average molecular weight is 431 g/mol. The van der Waals surface area contributed by atoms with Crippen molar-refractivity contribution >= 4 is 16.9 Å². The predicted octanol–water partition coefficient (Wildman–Crippen LogP) is -1.46. The molecule has 0 aliphatic carbocycles. The van der Waals surface area contributed by atoms with E-state index in [2.05, 4.69) is 5.32 Å². The van der Waals surface area contributed by atoms with E-state index < -0.39 is 78.2 Å². The molecule has 3 unspecified atom stereocenters. The van der Waals surface area contributed by atoms with Gasteiger partial charge < -0.3 is 40.0 Å². The number of hydrogen-bond donors (Lipinski definition) is 6. The van der Waals surface area contributed by atoms with Gasteiger partial charge in [0, 0.05) is 5.39 Å². The molecule has 1 aromatic carbocycles. The summed E-state index contributed by atoms with van der Waals surface area (Å²) in [4.78, 5) is 24.6. The molecule has 1 fully saturated rings. The van der Waals surface area contributed by atoms with Gasteiger partial charge >= 0.3 is 5.63 Å². The second kappa shape index (κ2) is 8.24. The van der Waals surface area contributed by atoms with Gasteiger partial charge in [-0.3, -0.25) is 4.79 Å². The topological polar surface area (TPSA) is 170 Å². The van der Waals surface area contributed by atoms with Crippen LogP contribution < -0.4 is 10.9 Å². The minimum Gasteiger partial charge on any atom is -0.503 e. The van der Waals surface area contributed by atoms with Crippen molar-refractivity contribution in [2.24, 2.45) is 0 Å². The van der Waals surface area contributed by atoms with Gasteiger partial charge in [-0.15, -0.1) is 0 Å². The lowest BCUT2D eigenvalue weighted by Crippen LogP contribution is -2.64. The number of carbonyl (C=O) groups is 1. The highest BCUT2D eigenvalue weighted by Gasteiger charge is 2.44. The van der Waals surface area contributed by atoms with Gasteiger partial charge in [-0.05, 0) is 18.6 Å². The number of ether oxygens (including phenoxy) is 1. The zero-order chi connectivity index (χ0) is 22.3. The first-order valence-electron chi connectivity index (χ1n) is 8.80. The maximum absolute atomic E-state index is 14.0. The lowest BCUT2D eigenvalue weighted by molar-refractivity contribution is -0.253. The third kappa shape index (κ3) is 3.75. The maximum Gasteiger partial charge on any atom is 0.340 e. The molecule has 10 nitrogen and oxygen atoms in total. The molecule has 164 valence electrons. The Morgan fingerprint density at radius 1 is 1.23 bits per heavy atom. The van der Waals surface area contributed by atoms with E-state index in [1.54, 1.807) is 0 Å². The van der Waals surface area contributed by atoms with Crippen LogP contribution in [0.4, 0.5) is 8.78 Å². The fourth-order valence-corrected chi connectivity index (χ4v) is 3.29. The number of fused-ring (bicyclic) bond motifs is 1. The highest BCUT2D eigenvalue weighted by atomic mass is 19.1. The molecule has 0 saturated carbocycles. The summed E-state index contributed by atoms with van der Waals surface area (Å²) in [5.74, 6) is -4.95. The van der Waals surface area contributed by atoms with Gasteiger partial charge in [-0.2, -0.15) is 4.39 Å². The third-order valence-corrected chi connectivity index (χ3v) is 5.01. The van der Waals surface area contributed by atoms with Crippen LogP contribution >= 0.6 is 0 Å². The number of hydrogen-bond acceptors (Lipinski definition) is 9. The van der Waals surface area contributed by atoms with E-state index in [0.717, 1.165) is 6.07 Å². The van der Waals surface area contributed by atoms with Crippen LogP contribution in [0.15, 0.2) is 15.3 Å². The van der Waals surface area contributed by atoms with Crippen LogP contribution in [0.25, 0.3) is 11.0 Å². The van der Waals surface area contributed by atoms with Gasteiger partial charge in [0.05, 0.1) is 18.6 Å². The maximum atomic E-state index is 14.0. The summed E-state index contributed by atoms with van der Waals surface area (Å²) in [5.41, 5.74) is -2.01. The smallest absolute Gasteiger partial charge is 0.340 e. The zero-order valence-corrected chi connectivity index (χ0v) is 15.5. The number of aromatic hydroxyl groups is 1. The van der Waals surface area contributed by atoms with Crippen LogP contribution in [0.5, 0.6) is 5.75 Å². The lowest BCUT2D eigenvalue weighted by Gasteiger charge is -2.40. The molecule has 6 N–H and O–H groups in total. The number of rotatable bonds is 4. The first kappa shape index (κ1) is 22.1. The van der Waals surface area contributed by atoms with E-state index in [4.69, 9.17) is 14.3 Å². The Morgan fingerprint density at radius 2 is 1.90 bits per heavy atom. The summed E-state index contributed by atoms with van der Waals surface area (Å²) >= 11 is 0. The Hall–Kier alpha value is -2.64. The quantitative estimate of drug-likeness (QED) is 0.317. The Kier molecular flexibility index (Phi) is 6.06. The minimum absolute atomic E-state index is 0.0237. The van der Waals surface area contributed by atoms with Gasteiger partial charge in [-0.25, -0.2) is 9.18 Å². The average Bonchev–Trinajstić information content (AvgIpc) is 2.70. The molecule has 1 aliphatic rings. The van der Waals surface area contributed by atoms with Crippen LogP contribution in [0.3, 0.4) is 0 Å². The van der Waals surface area contributed by atoms with Gasteiger partial charge in [0.1, 0.15) is 24.4 Å². The monoisotopic (exact) mass is 431 g/mol. The van der Waals surface area contributed by atoms with E-state index >= 15 is 0 Å². The molecule has 1 amide bonds. The summed E-state index contributed by atoms with van der Waals surface area (Å²) in [5, 5.41) is 50.2. The second-order valence-corrected chi connectivity index (χ2v) is 6.89. The molecule has 1 aromatic heterocycles. The summed E-state index contributed by atoms with van der Waals surface area (Å²) in [6, 6.07) is -0.726. The number of nitrogens with one attached hydrogen (secondary N) is 1. The molecule has 2 aromatic rings. The van der Waals surface area contributed by atoms with Crippen LogP contribution in [0.1, 0.15) is 11.1 Å². The fourth-order valence-electron chi connectivity index (χ4n) is 3.29. The van der Waals surface area contributed by atoms with Crippen LogP contribution in [0.2, 0.25) is 0 Å². The molecule has 5 atom stereocenters. The highest BCUT2D eigenvalue weighted by Crippen LogP contribution is 2.30. The number of carbonyl (C=O) groups excluding carboxylic acids is 1. The zero-order valence-electron chi connectivity index (χ0n) is 15.5. The standard InChI is InChI=1S/C18H19F2NO9/c1-5-6-2-8(19)13(24)11(20)16(6)30-17(27)7(5)3-10(23)21-12-15(26)14(25)9(4-22)29-18(12)28/h2,9,12,14-15,18,22,24-26,28H,3-4H2,1H3,(H,21,23)/t9?,12?,14-,15-,18?/m1/s1. The minimum atomic E-state index is -1.76. The van der Waals surface area contributed by atoms with E-state index in [-0.39, 0.29) is 16.5 Å². The van der Waals surface area contributed by atoms with Crippen molar-refractivity contribution in [3.63, 3.8) is 0 Å². The van der Waals surface area contributed by atoms with Crippen molar-refractivity contribution in [3.8, 4) is 5.75 Å². The molecule has 1 saturated heterocycles. The number of halogens is 2. The number of aliphatic hydroxyl groups excluding tert-OH is 4. The normalized spacial score (nSPS) is 26.7. The van der Waals surface area contributed by atoms with Crippen LogP contribution in [-0.2, 0) is 16.0 Å². The molecular formula is C18H19F2NO9. The predicted molar refractivity (Wildman–Crippen MR) is 94.4 cm³/mol. The van der Waals surface area contributed by atoms with E-state index in [1.807, 2.05) is 0 Å². The van der Waals surface area contributed by atoms with Gasteiger partial charge in [0.2, 0.25) is 11.7 Å². The summed E-state index contributed by atoms with van der Waals surface area (Å²) in [7, 11) is 0. The Labute approximate surface area is 166 Å². The van der Waals surface area contributed by atoms with Crippen LogP contribution in [-0.4, -0.2) is 68.7 Å². The molecule has 2 heterocycles. The van der Waals surface area contributed by atoms with Gasteiger partial charge in [0.25, 0.3) is 0 Å². The molecule has 1 aliphatic heterocycles. The van der Waals surface area contributed by atoms with Crippen molar-refractivity contribution < 1.29 is 48.3 Å². The van der Waals surface area contributed by atoms with Crippen LogP contribution in [0, 0.1) is 18.6 Å². The largest absolute Gasteiger partial charge is 0.503 e. The fraction of sp³-hybridized carbons (Fsp3) is 0.444. The number of benzene rings is 1. The number of aliphatic hydroxyl groups is 4. The molecule has 0 bridgehead atoms. The van der Waals surface area contributed by atoms with E-state index in [1.165, 1.54) is 6.92 Å². The molecule has 12 heteroatoms. The van der Waals surface area contributed by atoms with E-state index in [9.17, 15) is 38.8 Å². The number of phenols is 1. The lowest BCUT2D eigenvalue weighted by atomic mass is 9.96. The number of aryl methyl sites for hydroxylation is 1. The number of amides is 1. The van der Waals surface area contributed by atoms with Gasteiger partial charge in [-0.1, -0.05) is 0 Å². The SMILES string of the molecule is Cc1c(CC(=O)NC2C(O)OC(CO)[C@@H](O)[C@@H]2O)c(=O)oc2c(F)c(O)c(F)cc12. The summed E-state index contributed by atoms with van der Waals surface area (Å²) in [6.45, 7) is 0.636. The van der Waals surface area contributed by atoms with Crippen molar-refractivity contribution in [2.45, 2.75) is 44.0 Å². The summed E-state index contributed by atoms with van der Waals surface area (Å²) < 4.78 is 37.4. The first-order valence-corrected chi connectivity index (χ1v) is 8.80. The first-order chi connectivity index (χ1) is 14.1. The molecular weight excluding hydrogens is 412 g/mol. The summed E-state index contributed by atoms with van der Waals surface area (Å²) in [6.07, 6.45) is -6.96. The van der Waals surface area contributed by atoms with Gasteiger partial charge in [0.15, 0.2) is 23.4 Å². The van der Waals surface area contributed by atoms with Crippen molar-refractivity contribution in [3.05, 3.63) is 39.2 Å². The van der Waals surface area contributed by atoms with Crippen molar-refractivity contribution in [1.82, 2.24) is 5.32 Å². The highest BCUT2D eigenvalue weighted by molar-refractivity contribution is 5.86. The Morgan fingerprint density at radius 3 is 2.53 bits per heavy atom. The molecule has 0 spiro atoms. The second-order valence-electron chi connectivity index (χ2n) is 6.89. The number of phenolic OH excluding ortho intramolecular Hbond substituents is 1. The molecule has 3 rings (SSSR count). The Balaban J connectivity index is 1.87. The third-order valence-electron chi connectivity index (χ3n) is 5.01. The Bertz CT molecular complexity index is 1040. The van der Waals surface area contributed by atoms with Crippen molar-refractivity contribution in [1.29, 1.82) is 0 Å². The van der Waals surface area contributed by atoms with Crippen molar-refractivity contribution in [2.75, 3.05) is 6.61 Å².